The third kappa shape index (κ3) is 4.50. The molecule has 2 fully saturated rings. The van der Waals surface area contributed by atoms with Crippen molar-refractivity contribution in [3.63, 3.8) is 0 Å². The number of urea groups is 1. The van der Waals surface area contributed by atoms with Crippen LogP contribution in [0.1, 0.15) is 29.5 Å². The molecule has 0 N–H and O–H groups in total. The van der Waals surface area contributed by atoms with E-state index in [4.69, 9.17) is 9.47 Å². The van der Waals surface area contributed by atoms with Crippen molar-refractivity contribution in [3.8, 4) is 5.75 Å². The predicted octanol–water partition coefficient (Wildman–Crippen LogP) is 2.64. The summed E-state index contributed by atoms with van der Waals surface area (Å²) in [6.07, 6.45) is 2.67. The predicted molar refractivity (Wildman–Crippen MR) is 129 cm³/mol. The number of nitrogens with zero attached hydrogens (tertiary/aromatic N) is 3. The number of ether oxygens (including phenoxy) is 2. The fraction of sp³-hybridized carbons (Fsp3) is 0.444. The van der Waals surface area contributed by atoms with E-state index in [9.17, 15) is 14.4 Å². The normalized spacial score (nSPS) is 19.2. The summed E-state index contributed by atoms with van der Waals surface area (Å²) in [5, 5.41) is 0. The third-order valence-corrected chi connectivity index (χ3v) is 7.45. The molecule has 184 valence electrons. The molecule has 8 nitrogen and oxygen atoms in total. The van der Waals surface area contributed by atoms with E-state index >= 15 is 0 Å². The zero-order valence-electron chi connectivity index (χ0n) is 20.1. The number of imide groups is 1. The highest BCUT2D eigenvalue weighted by Crippen LogP contribution is 2.38. The Morgan fingerprint density at radius 1 is 1.06 bits per heavy atom. The van der Waals surface area contributed by atoms with Gasteiger partial charge in [0.1, 0.15) is 17.8 Å². The molecule has 0 saturated carbocycles. The number of hydrogen-bond donors (Lipinski definition) is 0. The van der Waals surface area contributed by atoms with E-state index in [2.05, 4.69) is 17.0 Å². The van der Waals surface area contributed by atoms with Gasteiger partial charge in [-0.1, -0.05) is 42.5 Å². The minimum absolute atomic E-state index is 0.282. The van der Waals surface area contributed by atoms with Crippen molar-refractivity contribution in [3.05, 3.63) is 65.2 Å². The Kier molecular flexibility index (Phi) is 6.47. The molecule has 0 aliphatic carbocycles. The Morgan fingerprint density at radius 2 is 1.83 bits per heavy atom. The lowest BCUT2D eigenvalue weighted by Gasteiger charge is -2.42. The molecular weight excluding hydrogens is 446 g/mol. The van der Waals surface area contributed by atoms with E-state index in [-0.39, 0.29) is 12.5 Å². The van der Waals surface area contributed by atoms with E-state index in [0.717, 1.165) is 35.8 Å². The molecule has 2 aromatic rings. The molecule has 3 aliphatic heterocycles. The van der Waals surface area contributed by atoms with E-state index < -0.39 is 17.5 Å². The molecule has 2 saturated heterocycles. The summed E-state index contributed by atoms with van der Waals surface area (Å²) in [6.45, 7) is 3.00. The SMILES string of the molecule is COC(=O)CN1C(=O)N(CCc2ccccc2)C2(CCN(Cc3ccc4c(c3)CCO4)CC2)C1=O. The van der Waals surface area contributed by atoms with Gasteiger partial charge in [-0.3, -0.25) is 19.4 Å². The van der Waals surface area contributed by atoms with Crippen LogP contribution in [-0.4, -0.2) is 78.0 Å². The average Bonchev–Trinajstić information content (AvgIpc) is 3.42. The van der Waals surface area contributed by atoms with Gasteiger partial charge < -0.3 is 14.4 Å². The number of methoxy groups -OCH3 is 1. The lowest BCUT2D eigenvalue weighted by molar-refractivity contribution is -0.146. The maximum atomic E-state index is 13.6. The van der Waals surface area contributed by atoms with Crippen LogP contribution in [0, 0.1) is 0 Å². The Balaban J connectivity index is 1.31. The van der Waals surface area contributed by atoms with Gasteiger partial charge in [0.25, 0.3) is 5.91 Å². The quantitative estimate of drug-likeness (QED) is 0.451. The molecule has 1 spiro atoms. The zero-order valence-corrected chi connectivity index (χ0v) is 20.1. The van der Waals surface area contributed by atoms with Crippen LogP contribution in [0.25, 0.3) is 0 Å². The van der Waals surface area contributed by atoms with Crippen LogP contribution in [-0.2, 0) is 33.7 Å². The molecule has 0 unspecified atom stereocenters. The first-order chi connectivity index (χ1) is 17.0. The molecule has 2 aromatic carbocycles. The summed E-state index contributed by atoms with van der Waals surface area (Å²) in [5.41, 5.74) is 2.67. The highest BCUT2D eigenvalue weighted by atomic mass is 16.5. The number of carbonyl (C=O) groups excluding carboxylic acids is 3. The lowest BCUT2D eigenvalue weighted by Crippen LogP contribution is -2.56. The van der Waals surface area contributed by atoms with E-state index in [0.29, 0.717) is 38.9 Å². The van der Waals surface area contributed by atoms with Crippen molar-refractivity contribution in [1.29, 1.82) is 0 Å². The highest BCUT2D eigenvalue weighted by Gasteiger charge is 2.58. The number of fused-ring (bicyclic) bond motifs is 1. The van der Waals surface area contributed by atoms with Gasteiger partial charge in [0.2, 0.25) is 0 Å². The van der Waals surface area contributed by atoms with E-state index in [1.54, 1.807) is 4.90 Å². The summed E-state index contributed by atoms with van der Waals surface area (Å²) >= 11 is 0. The molecule has 35 heavy (non-hydrogen) atoms. The van der Waals surface area contributed by atoms with Crippen molar-refractivity contribution in [2.75, 3.05) is 39.9 Å². The van der Waals surface area contributed by atoms with Gasteiger partial charge in [-0.25, -0.2) is 4.79 Å². The summed E-state index contributed by atoms with van der Waals surface area (Å²) < 4.78 is 10.4. The van der Waals surface area contributed by atoms with Crippen LogP contribution in [0.4, 0.5) is 4.79 Å². The molecule has 3 amide bonds. The van der Waals surface area contributed by atoms with Gasteiger partial charge in [-0.2, -0.15) is 0 Å². The van der Waals surface area contributed by atoms with Crippen LogP contribution < -0.4 is 4.74 Å². The Hall–Kier alpha value is -3.39. The van der Waals surface area contributed by atoms with Gasteiger partial charge in [-0.15, -0.1) is 0 Å². The number of hydrogen-bond acceptors (Lipinski definition) is 6. The van der Waals surface area contributed by atoms with Gasteiger partial charge in [-0.05, 0) is 42.0 Å². The summed E-state index contributed by atoms with van der Waals surface area (Å²) in [4.78, 5) is 44.0. The van der Waals surface area contributed by atoms with Crippen LogP contribution in [0.3, 0.4) is 0 Å². The third-order valence-electron chi connectivity index (χ3n) is 7.45. The molecule has 5 rings (SSSR count). The number of amides is 3. The van der Waals surface area contributed by atoms with Crippen LogP contribution >= 0.6 is 0 Å². The summed E-state index contributed by atoms with van der Waals surface area (Å²) in [7, 11) is 1.26. The fourth-order valence-electron chi connectivity index (χ4n) is 5.47. The van der Waals surface area contributed by atoms with Gasteiger partial charge in [0.15, 0.2) is 0 Å². The van der Waals surface area contributed by atoms with Crippen molar-refractivity contribution >= 4 is 17.9 Å². The van der Waals surface area contributed by atoms with Crippen LogP contribution in [0.5, 0.6) is 5.75 Å². The Bertz CT molecular complexity index is 1110. The first kappa shape index (κ1) is 23.4. The maximum Gasteiger partial charge on any atom is 0.328 e. The monoisotopic (exact) mass is 477 g/mol. The summed E-state index contributed by atoms with van der Waals surface area (Å²) in [6, 6.07) is 15.9. The van der Waals surface area contributed by atoms with E-state index in [1.807, 2.05) is 36.4 Å². The first-order valence-corrected chi connectivity index (χ1v) is 12.2. The molecule has 3 aliphatic rings. The van der Waals surface area contributed by atoms with Crippen molar-refractivity contribution in [1.82, 2.24) is 14.7 Å². The molecule has 0 radical (unpaired) electrons. The second-order valence-electron chi connectivity index (χ2n) is 9.49. The number of piperidine rings is 1. The van der Waals surface area contributed by atoms with Crippen molar-refractivity contribution in [2.24, 2.45) is 0 Å². The zero-order chi connectivity index (χ0) is 24.4. The number of likely N-dealkylation sites (tertiary alicyclic amines) is 1. The number of carbonyl (C=O) groups is 3. The van der Waals surface area contributed by atoms with E-state index in [1.165, 1.54) is 18.2 Å². The molecule has 3 heterocycles. The number of benzene rings is 2. The van der Waals surface area contributed by atoms with Crippen LogP contribution in [0.2, 0.25) is 0 Å². The minimum Gasteiger partial charge on any atom is -0.493 e. The second-order valence-corrected chi connectivity index (χ2v) is 9.49. The number of esters is 1. The molecule has 0 atom stereocenters. The largest absolute Gasteiger partial charge is 0.493 e. The van der Waals surface area contributed by atoms with Crippen LogP contribution in [0.15, 0.2) is 48.5 Å². The second kappa shape index (κ2) is 9.70. The standard InChI is InChI=1S/C27H31N3O5/c1-34-24(31)19-29-25(32)27(30(26(29)33)13-9-20-5-3-2-4-6-20)11-14-28(15-12-27)18-21-7-8-23-22(17-21)10-16-35-23/h2-8,17H,9-16,18-19H2,1H3. The fourth-order valence-corrected chi connectivity index (χ4v) is 5.47. The van der Waals surface area contributed by atoms with Gasteiger partial charge in [0.05, 0.1) is 13.7 Å². The molecule has 0 aromatic heterocycles. The Morgan fingerprint density at radius 3 is 2.57 bits per heavy atom. The smallest absolute Gasteiger partial charge is 0.328 e. The molecular formula is C27H31N3O5. The molecule has 8 heteroatoms. The Labute approximate surface area is 205 Å². The first-order valence-electron chi connectivity index (χ1n) is 12.2. The van der Waals surface area contributed by atoms with Crippen molar-refractivity contribution < 1.29 is 23.9 Å². The lowest BCUT2D eigenvalue weighted by atomic mass is 9.85. The maximum absolute atomic E-state index is 13.6. The number of rotatable bonds is 7. The van der Waals surface area contributed by atoms with Crippen molar-refractivity contribution in [2.45, 2.75) is 37.8 Å². The topological polar surface area (TPSA) is 79.4 Å². The molecule has 0 bridgehead atoms. The van der Waals surface area contributed by atoms with Gasteiger partial charge in [0, 0.05) is 32.6 Å². The average molecular weight is 478 g/mol. The minimum atomic E-state index is -0.915. The van der Waals surface area contributed by atoms with Gasteiger partial charge >= 0.3 is 12.0 Å². The summed E-state index contributed by atoms with van der Waals surface area (Å²) in [5.74, 6) is 0.0984. The highest BCUT2D eigenvalue weighted by molar-refractivity contribution is 6.08.